The Morgan fingerprint density at radius 1 is 1.62 bits per heavy atom. The third-order valence-corrected chi connectivity index (χ3v) is 2.15. The lowest BCUT2D eigenvalue weighted by molar-refractivity contribution is -0.153. The van der Waals surface area contributed by atoms with Crippen LogP contribution in [-0.4, -0.2) is 29.6 Å². The summed E-state index contributed by atoms with van der Waals surface area (Å²) >= 11 is 0. The molecule has 2 atom stereocenters. The van der Waals surface area contributed by atoms with Crippen LogP contribution in [0.25, 0.3) is 0 Å². The van der Waals surface area contributed by atoms with Crippen LogP contribution in [0.4, 0.5) is 8.78 Å². The number of alkyl halides is 2. The Kier molecular flexibility index (Phi) is 4.22. The van der Waals surface area contributed by atoms with E-state index in [4.69, 9.17) is 16.6 Å². The number of carbonyl (C=O) groups is 1. The van der Waals surface area contributed by atoms with Gasteiger partial charge in [-0.05, 0) is 18.9 Å². The van der Waals surface area contributed by atoms with E-state index >= 15 is 0 Å². The van der Waals surface area contributed by atoms with Crippen molar-refractivity contribution in [2.75, 3.05) is 6.54 Å². The van der Waals surface area contributed by atoms with Crippen molar-refractivity contribution in [1.82, 2.24) is 0 Å². The summed E-state index contributed by atoms with van der Waals surface area (Å²) < 4.78 is 24.7. The Balaban J connectivity index is 4.68. The monoisotopic (exact) mass is 196 g/mol. The minimum atomic E-state index is -3.09. The first kappa shape index (κ1) is 12.2. The number of carboxylic acids is 1. The fourth-order valence-corrected chi connectivity index (χ4v) is 1.01. The Bertz CT molecular complexity index is 189. The van der Waals surface area contributed by atoms with Crippen LogP contribution in [0.2, 0.25) is 0 Å². The van der Waals surface area contributed by atoms with Gasteiger partial charge in [0.15, 0.2) is 5.54 Å². The van der Waals surface area contributed by atoms with Crippen molar-refractivity contribution in [2.45, 2.75) is 25.3 Å². The summed E-state index contributed by atoms with van der Waals surface area (Å²) in [6.45, 7) is 1.49. The van der Waals surface area contributed by atoms with Gasteiger partial charge in [0.05, 0.1) is 0 Å². The van der Waals surface area contributed by atoms with Crippen molar-refractivity contribution in [2.24, 2.45) is 17.4 Å². The lowest BCUT2D eigenvalue weighted by Crippen LogP contribution is -2.59. The molecule has 0 spiro atoms. The molecule has 2 unspecified atom stereocenters. The molecule has 0 aromatic carbocycles. The number of rotatable bonds is 5. The molecular formula is C7H14F2N2O2. The minimum absolute atomic E-state index is 0.139. The second-order valence-electron chi connectivity index (χ2n) is 3.02. The molecule has 0 aromatic heterocycles. The lowest BCUT2D eigenvalue weighted by Gasteiger charge is -2.29. The molecule has 0 saturated heterocycles. The highest BCUT2D eigenvalue weighted by Gasteiger charge is 2.48. The second-order valence-corrected chi connectivity index (χ2v) is 3.02. The zero-order valence-corrected chi connectivity index (χ0v) is 7.34. The van der Waals surface area contributed by atoms with E-state index in [0.717, 1.165) is 0 Å². The quantitative estimate of drug-likeness (QED) is 0.578. The SMILES string of the molecule is CC(CCN)C(N)(C(=O)O)C(F)F. The zero-order valence-electron chi connectivity index (χ0n) is 7.34. The van der Waals surface area contributed by atoms with Gasteiger partial charge in [0.25, 0.3) is 6.43 Å². The lowest BCUT2D eigenvalue weighted by atomic mass is 9.84. The number of halogens is 2. The van der Waals surface area contributed by atoms with Gasteiger partial charge in [-0.2, -0.15) is 0 Å². The molecule has 5 N–H and O–H groups in total. The minimum Gasteiger partial charge on any atom is -0.480 e. The van der Waals surface area contributed by atoms with E-state index in [1.807, 2.05) is 0 Å². The number of hydrogen-bond donors (Lipinski definition) is 3. The molecule has 13 heavy (non-hydrogen) atoms. The Morgan fingerprint density at radius 2 is 2.08 bits per heavy atom. The Hall–Kier alpha value is -0.750. The predicted octanol–water partition coefficient (Wildman–Crippen LogP) is 0.0185. The highest BCUT2D eigenvalue weighted by Crippen LogP contribution is 2.25. The molecular weight excluding hydrogens is 182 g/mol. The summed E-state index contributed by atoms with van der Waals surface area (Å²) in [7, 11) is 0. The first-order valence-corrected chi connectivity index (χ1v) is 3.87. The van der Waals surface area contributed by atoms with Gasteiger partial charge in [0, 0.05) is 0 Å². The van der Waals surface area contributed by atoms with E-state index in [2.05, 4.69) is 0 Å². The highest BCUT2D eigenvalue weighted by molar-refractivity contribution is 5.79. The smallest absolute Gasteiger partial charge is 0.329 e. The molecule has 0 rings (SSSR count). The van der Waals surface area contributed by atoms with Gasteiger partial charge in [0.1, 0.15) is 0 Å². The average Bonchev–Trinajstić information content (AvgIpc) is 2.02. The van der Waals surface area contributed by atoms with Crippen LogP contribution in [-0.2, 0) is 4.79 Å². The van der Waals surface area contributed by atoms with Crippen LogP contribution >= 0.6 is 0 Å². The van der Waals surface area contributed by atoms with Gasteiger partial charge in [-0.1, -0.05) is 6.92 Å². The van der Waals surface area contributed by atoms with E-state index in [1.54, 1.807) is 0 Å². The summed E-state index contributed by atoms with van der Waals surface area (Å²) in [6, 6.07) is 0. The number of hydrogen-bond acceptors (Lipinski definition) is 3. The molecule has 0 aliphatic rings. The molecule has 0 bridgehead atoms. The molecule has 0 fully saturated rings. The van der Waals surface area contributed by atoms with Crippen LogP contribution in [0, 0.1) is 5.92 Å². The summed E-state index contributed by atoms with van der Waals surface area (Å²) in [5.74, 6) is -2.54. The van der Waals surface area contributed by atoms with E-state index < -0.39 is 23.9 Å². The average molecular weight is 196 g/mol. The van der Waals surface area contributed by atoms with Gasteiger partial charge in [-0.25, -0.2) is 13.6 Å². The fraction of sp³-hybridized carbons (Fsp3) is 0.857. The zero-order chi connectivity index (χ0) is 10.6. The molecule has 0 aromatic rings. The summed E-state index contributed by atoms with van der Waals surface area (Å²) in [6.07, 6.45) is -2.93. The van der Waals surface area contributed by atoms with Gasteiger partial charge < -0.3 is 16.6 Å². The first-order valence-electron chi connectivity index (χ1n) is 3.87. The largest absolute Gasteiger partial charge is 0.480 e. The highest BCUT2D eigenvalue weighted by atomic mass is 19.3. The Labute approximate surface area is 74.9 Å². The maximum absolute atomic E-state index is 12.4. The molecule has 0 saturated carbocycles. The summed E-state index contributed by atoms with van der Waals surface area (Å²) in [5, 5.41) is 8.55. The standard InChI is InChI=1S/C7H14F2N2O2/c1-4(2-3-10)7(11,5(8)9)6(12)13/h4-5H,2-3,10-11H2,1H3,(H,12,13). The maximum atomic E-state index is 12.4. The van der Waals surface area contributed by atoms with Gasteiger partial charge in [-0.15, -0.1) is 0 Å². The fourth-order valence-electron chi connectivity index (χ4n) is 1.01. The molecule has 0 aliphatic carbocycles. The molecule has 0 aliphatic heterocycles. The van der Waals surface area contributed by atoms with Crippen molar-refractivity contribution in [1.29, 1.82) is 0 Å². The Morgan fingerprint density at radius 3 is 2.31 bits per heavy atom. The normalized spacial score (nSPS) is 18.3. The third kappa shape index (κ3) is 2.35. The molecule has 6 heteroatoms. The van der Waals surface area contributed by atoms with Crippen molar-refractivity contribution < 1.29 is 18.7 Å². The molecule has 4 nitrogen and oxygen atoms in total. The van der Waals surface area contributed by atoms with E-state index in [0.29, 0.717) is 0 Å². The third-order valence-electron chi connectivity index (χ3n) is 2.15. The van der Waals surface area contributed by atoms with Gasteiger partial charge >= 0.3 is 5.97 Å². The van der Waals surface area contributed by atoms with Crippen LogP contribution < -0.4 is 11.5 Å². The molecule has 0 amide bonds. The van der Waals surface area contributed by atoms with Crippen molar-refractivity contribution in [3.05, 3.63) is 0 Å². The first-order chi connectivity index (χ1) is 5.87. The van der Waals surface area contributed by atoms with Crippen LogP contribution in [0.5, 0.6) is 0 Å². The number of carboxylic acid groups (broad SMARTS) is 1. The van der Waals surface area contributed by atoms with E-state index in [-0.39, 0.29) is 13.0 Å². The van der Waals surface area contributed by atoms with Crippen molar-refractivity contribution in [3.8, 4) is 0 Å². The predicted molar refractivity (Wildman–Crippen MR) is 43.4 cm³/mol. The van der Waals surface area contributed by atoms with Crippen LogP contribution in [0.3, 0.4) is 0 Å². The molecule has 78 valence electrons. The molecule has 0 heterocycles. The molecule has 0 radical (unpaired) electrons. The van der Waals surface area contributed by atoms with Crippen LogP contribution in [0.15, 0.2) is 0 Å². The van der Waals surface area contributed by atoms with Crippen molar-refractivity contribution in [3.63, 3.8) is 0 Å². The van der Waals surface area contributed by atoms with Gasteiger partial charge in [0.2, 0.25) is 0 Å². The van der Waals surface area contributed by atoms with E-state index in [9.17, 15) is 13.6 Å². The topological polar surface area (TPSA) is 89.3 Å². The van der Waals surface area contributed by atoms with E-state index in [1.165, 1.54) is 6.92 Å². The number of aliphatic carboxylic acids is 1. The van der Waals surface area contributed by atoms with Crippen LogP contribution in [0.1, 0.15) is 13.3 Å². The summed E-state index contributed by atoms with van der Waals surface area (Å²) in [5.41, 5.74) is 7.75. The maximum Gasteiger partial charge on any atom is 0.329 e. The summed E-state index contributed by atoms with van der Waals surface area (Å²) in [4.78, 5) is 10.5. The number of nitrogens with two attached hydrogens (primary N) is 2. The second kappa shape index (κ2) is 4.48. The van der Waals surface area contributed by atoms with Crippen molar-refractivity contribution >= 4 is 5.97 Å². The van der Waals surface area contributed by atoms with Gasteiger partial charge in [-0.3, -0.25) is 0 Å².